The molecule has 0 aliphatic rings. The number of rotatable bonds is 10. The van der Waals surface area contributed by atoms with Crippen LogP contribution in [0.5, 0.6) is 11.5 Å². The van der Waals surface area contributed by atoms with Crippen LogP contribution in [0.1, 0.15) is 52.7 Å². The summed E-state index contributed by atoms with van der Waals surface area (Å²) in [6.45, 7) is 13.1. The smallest absolute Gasteiger partial charge is 0.118 e. The molecular weight excluding hydrogens is 388 g/mol. The number of ether oxygens (including phenoxy) is 2. The predicted molar refractivity (Wildman–Crippen MR) is 132 cm³/mol. The van der Waals surface area contributed by atoms with Gasteiger partial charge in [-0.05, 0) is 63.1 Å². The summed E-state index contributed by atoms with van der Waals surface area (Å²) in [5, 5.41) is 0. The number of hydrogen-bond acceptors (Lipinski definition) is 2. The summed E-state index contributed by atoms with van der Waals surface area (Å²) in [5.41, 5.74) is 9.98. The summed E-state index contributed by atoms with van der Waals surface area (Å²) in [7, 11) is -0.544. The van der Waals surface area contributed by atoms with Gasteiger partial charge in [0.15, 0.2) is 0 Å². The van der Waals surface area contributed by atoms with E-state index < -0.39 is 0 Å². The van der Waals surface area contributed by atoms with Gasteiger partial charge in [-0.2, -0.15) is 0 Å². The molecule has 0 atom stereocenters. The monoisotopic (exact) mass is 424 g/mol. The molecule has 0 N–H and O–H groups in total. The largest absolute Gasteiger partial charge is 0.498 e. The Hall–Kier alpha value is -2.05. The van der Waals surface area contributed by atoms with Crippen LogP contribution >= 0.6 is 0 Å². The van der Waals surface area contributed by atoms with Crippen LogP contribution in [-0.4, -0.2) is 31.5 Å². The standard InChI is InChI=1S/C25H36O2Si2/c1-19(2)15-28-17-26-23-11-7-21(8-12-23)25(5,6)22-9-13-24(14-10-22)27-18-29-16-20(3)4/h7-16H,17-18,28-29H2,1-6H3. The van der Waals surface area contributed by atoms with Crippen LogP contribution in [-0.2, 0) is 5.41 Å². The van der Waals surface area contributed by atoms with Crippen LogP contribution in [0.15, 0.2) is 71.1 Å². The first kappa shape index (κ1) is 23.2. The van der Waals surface area contributed by atoms with Crippen molar-refractivity contribution >= 4 is 19.0 Å². The first-order valence-corrected chi connectivity index (χ1v) is 14.2. The first-order chi connectivity index (χ1) is 13.8. The van der Waals surface area contributed by atoms with Crippen molar-refractivity contribution in [2.24, 2.45) is 0 Å². The lowest BCUT2D eigenvalue weighted by molar-refractivity contribution is 0.385. The summed E-state index contributed by atoms with van der Waals surface area (Å²) >= 11 is 0. The molecule has 0 unspecified atom stereocenters. The van der Waals surface area contributed by atoms with E-state index in [4.69, 9.17) is 9.47 Å². The summed E-state index contributed by atoms with van der Waals surface area (Å²) in [4.78, 5) is 0. The van der Waals surface area contributed by atoms with Crippen molar-refractivity contribution in [3.63, 3.8) is 0 Å². The van der Waals surface area contributed by atoms with E-state index in [-0.39, 0.29) is 24.5 Å². The number of hydrogen-bond donors (Lipinski definition) is 0. The van der Waals surface area contributed by atoms with Crippen LogP contribution in [0.2, 0.25) is 0 Å². The van der Waals surface area contributed by atoms with E-state index in [0.29, 0.717) is 0 Å². The molecule has 0 aliphatic carbocycles. The van der Waals surface area contributed by atoms with Crippen molar-refractivity contribution in [1.82, 2.24) is 0 Å². The molecule has 2 rings (SSSR count). The van der Waals surface area contributed by atoms with Gasteiger partial charge < -0.3 is 9.47 Å². The van der Waals surface area contributed by atoms with Gasteiger partial charge >= 0.3 is 0 Å². The molecule has 0 bridgehead atoms. The summed E-state index contributed by atoms with van der Waals surface area (Å²) in [6, 6.07) is 17.1. The normalized spacial score (nSPS) is 11.8. The molecule has 0 aromatic heterocycles. The van der Waals surface area contributed by atoms with Gasteiger partial charge in [-0.25, -0.2) is 0 Å². The van der Waals surface area contributed by atoms with E-state index in [0.717, 1.165) is 24.0 Å². The van der Waals surface area contributed by atoms with Gasteiger partial charge in [-0.1, -0.05) is 60.7 Å². The second-order valence-corrected chi connectivity index (χ2v) is 11.3. The highest BCUT2D eigenvalue weighted by atomic mass is 28.2. The molecule has 0 amide bonds. The maximum atomic E-state index is 5.91. The van der Waals surface area contributed by atoms with Crippen molar-refractivity contribution in [3.05, 3.63) is 82.2 Å². The molecule has 2 nitrogen and oxygen atoms in total. The van der Waals surface area contributed by atoms with Gasteiger partial charge in [-0.3, -0.25) is 0 Å². The molecule has 2 aromatic carbocycles. The third kappa shape index (κ3) is 7.71. The molecule has 2 aromatic rings. The highest BCUT2D eigenvalue weighted by Crippen LogP contribution is 2.33. The fourth-order valence-electron chi connectivity index (χ4n) is 3.15. The molecule has 0 saturated heterocycles. The average Bonchev–Trinajstić information content (AvgIpc) is 2.69. The topological polar surface area (TPSA) is 18.5 Å². The van der Waals surface area contributed by atoms with E-state index in [1.165, 1.54) is 22.3 Å². The van der Waals surface area contributed by atoms with Crippen LogP contribution < -0.4 is 9.47 Å². The van der Waals surface area contributed by atoms with Crippen LogP contribution in [0.3, 0.4) is 0 Å². The minimum atomic E-state index is -0.272. The van der Waals surface area contributed by atoms with Crippen LogP contribution in [0.25, 0.3) is 0 Å². The Kier molecular flexibility index (Phi) is 8.99. The highest BCUT2D eigenvalue weighted by molar-refractivity contribution is 6.42. The maximum Gasteiger partial charge on any atom is 0.118 e. The minimum absolute atomic E-state index is 0.0648. The Bertz CT molecular complexity index is 741. The molecule has 0 radical (unpaired) electrons. The molecule has 0 fully saturated rings. The van der Waals surface area contributed by atoms with E-state index in [1.54, 1.807) is 0 Å². The van der Waals surface area contributed by atoms with E-state index in [9.17, 15) is 0 Å². The first-order valence-electron chi connectivity index (χ1n) is 10.5. The molecule has 4 heteroatoms. The fraction of sp³-hybridized carbons (Fsp3) is 0.360. The van der Waals surface area contributed by atoms with E-state index in [1.807, 2.05) is 0 Å². The maximum absolute atomic E-state index is 5.91. The van der Waals surface area contributed by atoms with Crippen molar-refractivity contribution in [3.8, 4) is 11.5 Å². The lowest BCUT2D eigenvalue weighted by Crippen LogP contribution is -2.18. The van der Waals surface area contributed by atoms with E-state index >= 15 is 0 Å². The zero-order valence-electron chi connectivity index (χ0n) is 18.9. The quantitative estimate of drug-likeness (QED) is 0.400. The second kappa shape index (κ2) is 11.2. The third-order valence-electron chi connectivity index (χ3n) is 5.03. The van der Waals surface area contributed by atoms with Gasteiger partial charge in [0.1, 0.15) is 11.5 Å². The van der Waals surface area contributed by atoms with E-state index in [2.05, 4.69) is 101 Å². The zero-order chi connectivity index (χ0) is 21.3. The summed E-state index contributed by atoms with van der Waals surface area (Å²) < 4.78 is 11.8. The number of allylic oxidation sites excluding steroid dienone is 2. The lowest BCUT2D eigenvalue weighted by atomic mass is 9.78. The highest BCUT2D eigenvalue weighted by Gasteiger charge is 2.23. The Morgan fingerprint density at radius 2 is 1.03 bits per heavy atom. The molecule has 0 spiro atoms. The average molecular weight is 425 g/mol. The second-order valence-electron chi connectivity index (χ2n) is 8.51. The van der Waals surface area contributed by atoms with Crippen molar-refractivity contribution in [2.75, 3.05) is 12.5 Å². The predicted octanol–water partition coefficient (Wildman–Crippen LogP) is 4.87. The van der Waals surface area contributed by atoms with Gasteiger partial charge in [0.25, 0.3) is 0 Å². The Morgan fingerprint density at radius 1 is 0.690 bits per heavy atom. The number of benzene rings is 2. The van der Waals surface area contributed by atoms with Crippen molar-refractivity contribution < 1.29 is 9.47 Å². The zero-order valence-corrected chi connectivity index (χ0v) is 21.7. The Morgan fingerprint density at radius 3 is 1.34 bits per heavy atom. The fourth-order valence-corrected chi connectivity index (χ4v) is 5.25. The Balaban J connectivity index is 1.96. The SMILES string of the molecule is CC(C)=C[SiH2]COc1ccc(C(C)(C)c2ccc(OC[SiH2]C=C(C)C)cc2)cc1. The molecule has 0 saturated carbocycles. The van der Waals surface area contributed by atoms with Gasteiger partial charge in [0, 0.05) is 5.41 Å². The van der Waals surface area contributed by atoms with Crippen molar-refractivity contribution in [2.45, 2.75) is 47.0 Å². The van der Waals surface area contributed by atoms with Gasteiger partial charge in [-0.15, -0.1) is 0 Å². The third-order valence-corrected chi connectivity index (χ3v) is 8.12. The molecule has 0 aliphatic heterocycles. The lowest BCUT2D eigenvalue weighted by Gasteiger charge is -2.26. The molecule has 29 heavy (non-hydrogen) atoms. The van der Waals surface area contributed by atoms with Gasteiger partial charge in [0.05, 0.1) is 31.5 Å². The molecule has 156 valence electrons. The van der Waals surface area contributed by atoms with Crippen LogP contribution in [0.4, 0.5) is 0 Å². The minimum Gasteiger partial charge on any atom is -0.498 e. The van der Waals surface area contributed by atoms with Crippen LogP contribution in [0, 0.1) is 0 Å². The van der Waals surface area contributed by atoms with Crippen molar-refractivity contribution in [1.29, 1.82) is 0 Å². The Labute approximate surface area is 181 Å². The molecular formula is C25H36O2Si2. The molecule has 0 heterocycles. The van der Waals surface area contributed by atoms with Gasteiger partial charge in [0.2, 0.25) is 0 Å². The summed E-state index contributed by atoms with van der Waals surface area (Å²) in [5.74, 6) is 1.92. The summed E-state index contributed by atoms with van der Waals surface area (Å²) in [6.07, 6.45) is 1.71.